The third-order valence-corrected chi connectivity index (χ3v) is 6.72. The Morgan fingerprint density at radius 3 is 2.43 bits per heavy atom. The molecule has 2 aromatic carbocycles. The fourth-order valence-electron chi connectivity index (χ4n) is 4.38. The molecule has 4 bridgehead atoms. The Labute approximate surface area is 242 Å². The number of nitrogens with zero attached hydrogens (tertiary/aromatic N) is 2. The summed E-state index contributed by atoms with van der Waals surface area (Å²) in [6, 6.07) is 8.17. The van der Waals surface area contributed by atoms with Gasteiger partial charge >= 0.3 is 0 Å². The third kappa shape index (κ3) is 7.62. The fourth-order valence-corrected chi connectivity index (χ4v) is 4.38. The minimum absolute atomic E-state index is 0.0680. The molecule has 1 aromatic heterocycles. The number of phenols is 1. The number of aryl methyl sites for hydroxylation is 1. The van der Waals surface area contributed by atoms with E-state index in [4.69, 9.17) is 4.74 Å². The Bertz CT molecular complexity index is 1450. The topological polar surface area (TPSA) is 187 Å². The van der Waals surface area contributed by atoms with E-state index in [2.05, 4.69) is 36.4 Å². The van der Waals surface area contributed by atoms with Gasteiger partial charge in [0.1, 0.15) is 41.2 Å². The monoisotopic (exact) mass is 577 g/mol. The van der Waals surface area contributed by atoms with Gasteiger partial charge in [-0.25, -0.2) is 4.98 Å². The Kier molecular flexibility index (Phi) is 9.40. The second-order valence-corrected chi connectivity index (χ2v) is 10.5. The average Bonchev–Trinajstić information content (AvgIpc) is 3.36. The molecule has 3 aromatic rings. The summed E-state index contributed by atoms with van der Waals surface area (Å²) in [7, 11) is 0. The van der Waals surface area contributed by atoms with E-state index in [9.17, 15) is 24.3 Å². The van der Waals surface area contributed by atoms with Crippen LogP contribution in [0.1, 0.15) is 48.3 Å². The number of carbonyl (C=O) groups excluding carboxylic acids is 4. The van der Waals surface area contributed by atoms with Gasteiger partial charge in [-0.1, -0.05) is 26.0 Å². The number of nitrogens with one attached hydrogen (secondary N) is 5. The summed E-state index contributed by atoms with van der Waals surface area (Å²) in [5.74, 6) is -0.901. The Morgan fingerprint density at radius 1 is 1.05 bits per heavy atom. The molecule has 5 rings (SSSR count). The van der Waals surface area contributed by atoms with Gasteiger partial charge < -0.3 is 31.1 Å². The van der Waals surface area contributed by atoms with Crippen molar-refractivity contribution in [1.82, 2.24) is 36.4 Å². The Balaban J connectivity index is 1.60. The SMILES string of the molecule is Cc1nc(CCNC(=O)[C@@H]2Cc3ccc(cc3)Oc3ccc(O)c(c3)C(=O)N[C@@H](C(C)C)C(=O)N[C@@H](C)C(=O)N2)n[nH]1. The summed E-state index contributed by atoms with van der Waals surface area (Å²) in [5.41, 5.74) is 0.678. The largest absolute Gasteiger partial charge is 0.507 e. The van der Waals surface area contributed by atoms with Crippen molar-refractivity contribution in [3.8, 4) is 17.2 Å². The van der Waals surface area contributed by atoms with Crippen molar-refractivity contribution in [3.63, 3.8) is 0 Å². The Morgan fingerprint density at radius 2 is 1.76 bits per heavy atom. The first-order valence-corrected chi connectivity index (χ1v) is 13.7. The van der Waals surface area contributed by atoms with Crippen LogP contribution in [-0.4, -0.2) is 68.6 Å². The normalized spacial score (nSPS) is 19.6. The molecular weight excluding hydrogens is 542 g/mol. The van der Waals surface area contributed by atoms with Crippen molar-refractivity contribution in [2.24, 2.45) is 5.92 Å². The summed E-state index contributed by atoms with van der Waals surface area (Å²) >= 11 is 0. The molecule has 4 amide bonds. The minimum atomic E-state index is -1.02. The number of carbonyl (C=O) groups is 4. The molecule has 2 aliphatic heterocycles. The van der Waals surface area contributed by atoms with Crippen molar-refractivity contribution < 1.29 is 29.0 Å². The summed E-state index contributed by atoms with van der Waals surface area (Å²) in [6.45, 7) is 7.01. The van der Waals surface area contributed by atoms with Gasteiger partial charge in [0.05, 0.1) is 5.56 Å². The van der Waals surface area contributed by atoms with Crippen LogP contribution >= 0.6 is 0 Å². The van der Waals surface area contributed by atoms with Gasteiger partial charge in [-0.15, -0.1) is 0 Å². The number of aromatic hydroxyl groups is 1. The maximum Gasteiger partial charge on any atom is 0.255 e. The van der Waals surface area contributed by atoms with Gasteiger partial charge in [0.25, 0.3) is 5.91 Å². The smallest absolute Gasteiger partial charge is 0.255 e. The fraction of sp³-hybridized carbons (Fsp3) is 0.379. The standard InChI is InChI=1S/C29H35N7O6/c1-15(2)25-29(41)31-16(3)26(38)33-22(28(40)30-12-11-24-32-17(4)35-36-24)13-18-5-7-19(8-6-18)42-20-9-10-23(37)21(14-20)27(39)34-25/h5-10,14-16,22,25,37H,11-13H2,1-4H3,(H,30,40)(H,31,41)(H,33,38)(H,34,39)(H,32,35,36)/t16-,22-,25-/m0/s1. The van der Waals surface area contributed by atoms with Crippen LogP contribution in [-0.2, 0) is 27.2 Å². The maximum absolute atomic E-state index is 13.2. The number of aromatic nitrogens is 3. The molecule has 222 valence electrons. The zero-order valence-electron chi connectivity index (χ0n) is 23.9. The molecule has 0 aliphatic carbocycles. The molecule has 3 atom stereocenters. The van der Waals surface area contributed by atoms with E-state index >= 15 is 0 Å². The molecule has 13 heteroatoms. The summed E-state index contributed by atoms with van der Waals surface area (Å²) in [5, 5.41) is 28.0. The van der Waals surface area contributed by atoms with E-state index in [-0.39, 0.29) is 30.2 Å². The molecule has 3 heterocycles. The second kappa shape index (κ2) is 13.1. The second-order valence-electron chi connectivity index (χ2n) is 10.5. The van der Waals surface area contributed by atoms with Crippen LogP contribution in [0.15, 0.2) is 42.5 Å². The zero-order valence-corrected chi connectivity index (χ0v) is 23.9. The van der Waals surface area contributed by atoms with Crippen molar-refractivity contribution in [2.45, 2.75) is 58.7 Å². The number of phenolic OH excluding ortho intramolecular Hbond substituents is 1. The van der Waals surface area contributed by atoms with Crippen molar-refractivity contribution in [1.29, 1.82) is 0 Å². The third-order valence-electron chi connectivity index (χ3n) is 6.72. The van der Waals surface area contributed by atoms with Crippen molar-refractivity contribution >= 4 is 23.6 Å². The van der Waals surface area contributed by atoms with Crippen LogP contribution in [0.5, 0.6) is 17.2 Å². The first kappa shape index (κ1) is 30.0. The lowest BCUT2D eigenvalue weighted by atomic mass is 10.0. The maximum atomic E-state index is 13.2. The van der Waals surface area contributed by atoms with E-state index in [1.54, 1.807) is 45.0 Å². The number of hydrogen-bond donors (Lipinski definition) is 6. The van der Waals surface area contributed by atoms with Crippen LogP contribution in [0.25, 0.3) is 0 Å². The van der Waals surface area contributed by atoms with Crippen LogP contribution in [0.3, 0.4) is 0 Å². The molecule has 0 saturated carbocycles. The average molecular weight is 578 g/mol. The van der Waals surface area contributed by atoms with E-state index in [0.29, 0.717) is 29.6 Å². The highest BCUT2D eigenvalue weighted by molar-refractivity contribution is 6.00. The molecule has 0 spiro atoms. The highest BCUT2D eigenvalue weighted by Gasteiger charge is 2.30. The van der Waals surface area contributed by atoms with Crippen molar-refractivity contribution in [3.05, 3.63) is 65.2 Å². The van der Waals surface area contributed by atoms with E-state index in [1.165, 1.54) is 25.1 Å². The van der Waals surface area contributed by atoms with Crippen LogP contribution in [0.4, 0.5) is 0 Å². The van der Waals surface area contributed by atoms with Crippen LogP contribution in [0, 0.1) is 12.8 Å². The first-order valence-electron chi connectivity index (χ1n) is 13.7. The number of rotatable bonds is 5. The Hall–Kier alpha value is -4.94. The molecule has 0 radical (unpaired) electrons. The van der Waals surface area contributed by atoms with Crippen molar-refractivity contribution in [2.75, 3.05) is 6.54 Å². The number of benzene rings is 2. The molecule has 13 nitrogen and oxygen atoms in total. The lowest BCUT2D eigenvalue weighted by Crippen LogP contribution is -2.57. The van der Waals surface area contributed by atoms with E-state index < -0.39 is 41.8 Å². The van der Waals surface area contributed by atoms with Crippen LogP contribution < -0.4 is 26.0 Å². The number of ether oxygens (including phenoxy) is 1. The van der Waals surface area contributed by atoms with Gasteiger partial charge in [-0.2, -0.15) is 5.10 Å². The highest BCUT2D eigenvalue weighted by Crippen LogP contribution is 2.28. The molecule has 6 N–H and O–H groups in total. The molecule has 42 heavy (non-hydrogen) atoms. The lowest BCUT2D eigenvalue weighted by Gasteiger charge is -2.25. The van der Waals surface area contributed by atoms with Gasteiger partial charge in [-0.3, -0.25) is 24.3 Å². The highest BCUT2D eigenvalue weighted by atomic mass is 16.5. The van der Waals surface area contributed by atoms with Gasteiger partial charge in [0, 0.05) is 19.4 Å². The quantitative estimate of drug-likeness (QED) is 0.245. The molecular formula is C29H35N7O6. The van der Waals surface area contributed by atoms with Gasteiger partial charge in [0.2, 0.25) is 17.7 Å². The van der Waals surface area contributed by atoms with Crippen LogP contribution in [0.2, 0.25) is 0 Å². The summed E-state index contributed by atoms with van der Waals surface area (Å²) < 4.78 is 5.88. The number of aromatic amines is 1. The molecule has 0 saturated heterocycles. The van der Waals surface area contributed by atoms with Gasteiger partial charge in [-0.05, 0) is 55.7 Å². The number of hydrogen-bond acceptors (Lipinski definition) is 8. The molecule has 2 aliphatic rings. The van der Waals surface area contributed by atoms with E-state index in [0.717, 1.165) is 5.56 Å². The number of amides is 4. The number of H-pyrrole nitrogens is 1. The van der Waals surface area contributed by atoms with E-state index in [1.807, 2.05) is 0 Å². The molecule has 0 fully saturated rings. The molecule has 0 unspecified atom stereocenters. The first-order chi connectivity index (χ1) is 20.0. The number of fused-ring (bicyclic) bond motifs is 11. The van der Waals surface area contributed by atoms with Gasteiger partial charge in [0.15, 0.2) is 5.82 Å². The summed E-state index contributed by atoms with van der Waals surface area (Å²) in [4.78, 5) is 56.8. The lowest BCUT2D eigenvalue weighted by molar-refractivity contribution is -0.132. The predicted octanol–water partition coefficient (Wildman–Crippen LogP) is 1.27. The summed E-state index contributed by atoms with van der Waals surface area (Å²) in [6.07, 6.45) is 0.572. The minimum Gasteiger partial charge on any atom is -0.507 e. The zero-order chi connectivity index (χ0) is 30.4. The predicted molar refractivity (Wildman–Crippen MR) is 152 cm³/mol.